The highest BCUT2D eigenvalue weighted by molar-refractivity contribution is 5.71. The highest BCUT2D eigenvalue weighted by atomic mass is 19.1. The standard InChI is InChI=1S/C27H29FN6/c1-18-12-32(16-22(18)13-31(2)3)24-8-9-25-21(10-24)15-33-14-20(19-4-6-23(28)7-5-19)11-26(33)27-29-17-30-34(25)27/h4-11,14,17-18,22H,12-13,15-16H2,1-3H3/t18-,22-/m1/s1. The molecule has 0 saturated carbocycles. The summed E-state index contributed by atoms with van der Waals surface area (Å²) in [4.78, 5) is 9.39. The minimum absolute atomic E-state index is 0.227. The Balaban J connectivity index is 1.37. The molecule has 0 radical (unpaired) electrons. The third-order valence-electron chi connectivity index (χ3n) is 7.22. The van der Waals surface area contributed by atoms with Crippen LogP contribution in [0.1, 0.15) is 12.5 Å². The fraction of sp³-hybridized carbons (Fsp3) is 0.333. The molecule has 2 atom stereocenters. The average Bonchev–Trinajstić information content (AvgIpc) is 3.52. The molecule has 174 valence electrons. The van der Waals surface area contributed by atoms with Gasteiger partial charge in [-0.15, -0.1) is 0 Å². The van der Waals surface area contributed by atoms with E-state index in [2.05, 4.69) is 75.9 Å². The van der Waals surface area contributed by atoms with Gasteiger partial charge in [0, 0.05) is 43.6 Å². The van der Waals surface area contributed by atoms with Gasteiger partial charge in [-0.2, -0.15) is 5.10 Å². The molecule has 0 unspecified atom stereocenters. The van der Waals surface area contributed by atoms with E-state index in [9.17, 15) is 4.39 Å². The number of aromatic nitrogens is 4. The maximum atomic E-state index is 13.4. The van der Waals surface area contributed by atoms with Crippen LogP contribution in [0.25, 0.3) is 28.3 Å². The lowest BCUT2D eigenvalue weighted by Gasteiger charge is -2.22. The summed E-state index contributed by atoms with van der Waals surface area (Å²) in [5.41, 5.74) is 6.59. The van der Waals surface area contributed by atoms with Crippen LogP contribution < -0.4 is 4.90 Å². The fourth-order valence-electron chi connectivity index (χ4n) is 5.46. The number of hydrogen-bond donors (Lipinski definition) is 0. The summed E-state index contributed by atoms with van der Waals surface area (Å²) in [7, 11) is 4.31. The van der Waals surface area contributed by atoms with E-state index in [1.807, 2.05) is 16.8 Å². The summed E-state index contributed by atoms with van der Waals surface area (Å²) in [6, 6.07) is 15.5. The van der Waals surface area contributed by atoms with Crippen molar-refractivity contribution >= 4 is 5.69 Å². The molecule has 2 aliphatic rings. The number of anilines is 1. The van der Waals surface area contributed by atoms with Gasteiger partial charge < -0.3 is 14.4 Å². The lowest BCUT2D eigenvalue weighted by atomic mass is 9.98. The largest absolute Gasteiger partial charge is 0.371 e. The molecule has 7 heteroatoms. The lowest BCUT2D eigenvalue weighted by Crippen LogP contribution is -2.27. The maximum Gasteiger partial charge on any atom is 0.179 e. The van der Waals surface area contributed by atoms with Crippen molar-refractivity contribution in [2.45, 2.75) is 13.5 Å². The number of benzene rings is 2. The third-order valence-corrected chi connectivity index (χ3v) is 7.22. The molecule has 2 aromatic heterocycles. The quantitative estimate of drug-likeness (QED) is 0.398. The van der Waals surface area contributed by atoms with E-state index < -0.39 is 0 Å². The van der Waals surface area contributed by atoms with Crippen LogP contribution in [0, 0.1) is 17.7 Å². The first-order valence-corrected chi connectivity index (χ1v) is 11.9. The van der Waals surface area contributed by atoms with E-state index in [0.29, 0.717) is 11.8 Å². The van der Waals surface area contributed by atoms with E-state index in [0.717, 1.165) is 54.5 Å². The topological polar surface area (TPSA) is 42.1 Å². The number of rotatable bonds is 4. The molecule has 6 nitrogen and oxygen atoms in total. The van der Waals surface area contributed by atoms with Gasteiger partial charge in [-0.05, 0) is 73.5 Å². The second kappa shape index (κ2) is 8.09. The molecule has 34 heavy (non-hydrogen) atoms. The van der Waals surface area contributed by atoms with E-state index in [4.69, 9.17) is 0 Å². The minimum atomic E-state index is -0.227. The predicted molar refractivity (Wildman–Crippen MR) is 133 cm³/mol. The molecule has 0 bridgehead atoms. The summed E-state index contributed by atoms with van der Waals surface area (Å²) >= 11 is 0. The van der Waals surface area contributed by atoms with Crippen molar-refractivity contribution < 1.29 is 4.39 Å². The number of hydrogen-bond acceptors (Lipinski definition) is 4. The number of halogens is 1. The first-order chi connectivity index (χ1) is 16.5. The Morgan fingerprint density at radius 1 is 1.03 bits per heavy atom. The zero-order valence-corrected chi connectivity index (χ0v) is 19.8. The molecule has 1 saturated heterocycles. The predicted octanol–water partition coefficient (Wildman–Crippen LogP) is 4.54. The van der Waals surface area contributed by atoms with Gasteiger partial charge in [-0.3, -0.25) is 0 Å². The number of fused-ring (bicyclic) bond motifs is 5. The van der Waals surface area contributed by atoms with Gasteiger partial charge in [0.1, 0.15) is 12.1 Å². The highest BCUT2D eigenvalue weighted by Gasteiger charge is 2.31. The molecule has 0 aliphatic carbocycles. The summed E-state index contributed by atoms with van der Waals surface area (Å²) in [5, 5.41) is 4.56. The smallest absolute Gasteiger partial charge is 0.179 e. The van der Waals surface area contributed by atoms with Crippen LogP contribution in [0.2, 0.25) is 0 Å². The van der Waals surface area contributed by atoms with Crippen molar-refractivity contribution in [2.75, 3.05) is 38.6 Å². The molecule has 0 amide bonds. The molecule has 4 aromatic rings. The van der Waals surface area contributed by atoms with E-state index in [1.165, 1.54) is 23.4 Å². The van der Waals surface area contributed by atoms with Crippen LogP contribution in [-0.2, 0) is 6.54 Å². The molecular weight excluding hydrogens is 427 g/mol. The van der Waals surface area contributed by atoms with E-state index in [1.54, 1.807) is 6.33 Å². The zero-order chi connectivity index (χ0) is 23.4. The van der Waals surface area contributed by atoms with Crippen LogP contribution in [0.4, 0.5) is 10.1 Å². The Morgan fingerprint density at radius 3 is 2.65 bits per heavy atom. The van der Waals surface area contributed by atoms with Crippen LogP contribution in [-0.4, -0.2) is 58.0 Å². The molecule has 2 aliphatic heterocycles. The van der Waals surface area contributed by atoms with Crippen LogP contribution in [0.5, 0.6) is 0 Å². The Morgan fingerprint density at radius 2 is 1.85 bits per heavy atom. The molecular formula is C27H29FN6. The first-order valence-electron chi connectivity index (χ1n) is 11.9. The third kappa shape index (κ3) is 3.60. The first kappa shape index (κ1) is 21.1. The molecule has 6 rings (SSSR count). The normalized spacial score (nSPS) is 19.1. The molecule has 0 N–H and O–H groups in total. The molecule has 4 heterocycles. The van der Waals surface area contributed by atoms with Gasteiger partial charge in [0.15, 0.2) is 5.82 Å². The van der Waals surface area contributed by atoms with Gasteiger partial charge in [0.25, 0.3) is 0 Å². The van der Waals surface area contributed by atoms with Gasteiger partial charge >= 0.3 is 0 Å². The average molecular weight is 457 g/mol. The Bertz CT molecular complexity index is 1340. The molecule has 1 fully saturated rings. The monoisotopic (exact) mass is 456 g/mol. The van der Waals surface area contributed by atoms with Crippen LogP contribution in [0.15, 0.2) is 61.1 Å². The van der Waals surface area contributed by atoms with Crippen molar-refractivity contribution in [1.82, 2.24) is 24.2 Å². The second-order valence-corrected chi connectivity index (χ2v) is 9.96. The van der Waals surface area contributed by atoms with E-state index >= 15 is 0 Å². The summed E-state index contributed by atoms with van der Waals surface area (Å²) in [5.74, 6) is 1.93. The zero-order valence-electron chi connectivity index (χ0n) is 19.8. The minimum Gasteiger partial charge on any atom is -0.371 e. The second-order valence-electron chi connectivity index (χ2n) is 9.96. The van der Waals surface area contributed by atoms with Crippen molar-refractivity contribution in [2.24, 2.45) is 11.8 Å². The van der Waals surface area contributed by atoms with Crippen molar-refractivity contribution in [3.8, 4) is 28.3 Å². The molecule has 0 spiro atoms. The van der Waals surface area contributed by atoms with Gasteiger partial charge in [-0.25, -0.2) is 14.1 Å². The maximum absolute atomic E-state index is 13.4. The summed E-state index contributed by atoms with van der Waals surface area (Å²) < 4.78 is 17.6. The van der Waals surface area contributed by atoms with Crippen LogP contribution in [0.3, 0.4) is 0 Å². The SMILES string of the molecule is C[C@@H]1CN(c2ccc3c(c2)Cn2cc(-c4ccc(F)cc4)cc2-c2ncnn2-3)C[C@H]1CN(C)C. The van der Waals surface area contributed by atoms with Crippen molar-refractivity contribution in [3.05, 3.63) is 72.4 Å². The lowest BCUT2D eigenvalue weighted by molar-refractivity contribution is 0.301. The van der Waals surface area contributed by atoms with Gasteiger partial charge in [0.05, 0.1) is 11.4 Å². The van der Waals surface area contributed by atoms with Crippen LogP contribution >= 0.6 is 0 Å². The highest BCUT2D eigenvalue weighted by Crippen LogP contribution is 2.36. The Hall–Kier alpha value is -3.45. The van der Waals surface area contributed by atoms with Crippen molar-refractivity contribution in [3.63, 3.8) is 0 Å². The van der Waals surface area contributed by atoms with Crippen molar-refractivity contribution in [1.29, 1.82) is 0 Å². The summed E-state index contributed by atoms with van der Waals surface area (Å²) in [6.45, 7) is 6.37. The molecule has 2 aromatic carbocycles. The number of nitrogens with zero attached hydrogens (tertiary/aromatic N) is 6. The van der Waals surface area contributed by atoms with Gasteiger partial charge in [-0.1, -0.05) is 19.1 Å². The Labute approximate surface area is 199 Å². The van der Waals surface area contributed by atoms with Gasteiger partial charge in [0.2, 0.25) is 0 Å². The fourth-order valence-corrected chi connectivity index (χ4v) is 5.46. The summed E-state index contributed by atoms with van der Waals surface area (Å²) in [6.07, 6.45) is 3.75. The Kier molecular flexibility index (Phi) is 5.03. The van der Waals surface area contributed by atoms with E-state index in [-0.39, 0.29) is 5.82 Å².